The largest absolute Gasteiger partial charge is 0.454 e. The molecule has 3 N–H and O–H groups in total. The van der Waals surface area contributed by atoms with E-state index in [0.717, 1.165) is 41.6 Å². The van der Waals surface area contributed by atoms with Crippen LogP contribution in [0.25, 0.3) is 0 Å². The van der Waals surface area contributed by atoms with Gasteiger partial charge < -0.3 is 25.3 Å². The van der Waals surface area contributed by atoms with E-state index in [1.54, 1.807) is 0 Å². The van der Waals surface area contributed by atoms with E-state index in [0.29, 0.717) is 19.1 Å². The van der Waals surface area contributed by atoms with E-state index in [2.05, 4.69) is 15.3 Å². The lowest BCUT2D eigenvalue weighted by Crippen LogP contribution is -2.09. The fourth-order valence-electron chi connectivity index (χ4n) is 2.80. The quantitative estimate of drug-likeness (QED) is 0.890. The second kappa shape index (κ2) is 5.92. The number of anilines is 2. The van der Waals surface area contributed by atoms with E-state index in [-0.39, 0.29) is 12.7 Å². The van der Waals surface area contributed by atoms with Crippen molar-refractivity contribution in [2.45, 2.75) is 18.9 Å². The Bertz CT molecular complexity index is 716. The molecule has 0 amide bonds. The molecule has 1 saturated heterocycles. The molecule has 4 rings (SSSR count). The van der Waals surface area contributed by atoms with Gasteiger partial charge in [-0.1, -0.05) is 6.07 Å². The maximum atomic E-state index is 5.83. The van der Waals surface area contributed by atoms with Crippen molar-refractivity contribution in [3.63, 3.8) is 0 Å². The van der Waals surface area contributed by atoms with Crippen molar-refractivity contribution in [1.29, 1.82) is 0 Å². The second-order valence-corrected chi connectivity index (χ2v) is 5.64. The highest BCUT2D eigenvalue weighted by Gasteiger charge is 2.20. The van der Waals surface area contributed by atoms with Gasteiger partial charge in [0.25, 0.3) is 0 Å². The normalized spacial score (nSPS) is 19.0. The highest BCUT2D eigenvalue weighted by Crippen LogP contribution is 2.32. The molecular formula is C16H18N4O3. The van der Waals surface area contributed by atoms with Crippen molar-refractivity contribution >= 4 is 11.8 Å². The van der Waals surface area contributed by atoms with E-state index >= 15 is 0 Å². The molecule has 0 radical (unpaired) electrons. The van der Waals surface area contributed by atoms with Crippen LogP contribution in [-0.4, -0.2) is 30.0 Å². The molecule has 2 aromatic rings. The van der Waals surface area contributed by atoms with Crippen LogP contribution in [0.5, 0.6) is 11.5 Å². The van der Waals surface area contributed by atoms with Gasteiger partial charge in [-0.3, -0.25) is 0 Å². The standard InChI is InChI=1S/C16H18N4O3/c17-16-19-12(11-3-4-21-8-11)6-15(20-16)18-7-10-1-2-13-14(5-10)23-9-22-13/h1-2,5-6,11H,3-4,7-9H2,(H3,17,18,19,20)/t11-/m1/s1. The number of hydrogen-bond donors (Lipinski definition) is 2. The van der Waals surface area contributed by atoms with Gasteiger partial charge in [-0.15, -0.1) is 0 Å². The summed E-state index contributed by atoms with van der Waals surface area (Å²) in [5.41, 5.74) is 7.84. The van der Waals surface area contributed by atoms with Gasteiger partial charge in [0, 0.05) is 25.1 Å². The monoisotopic (exact) mass is 314 g/mol. The van der Waals surface area contributed by atoms with Crippen LogP contribution >= 0.6 is 0 Å². The Morgan fingerprint density at radius 3 is 2.96 bits per heavy atom. The summed E-state index contributed by atoms with van der Waals surface area (Å²) in [5, 5.41) is 3.29. The molecule has 7 heteroatoms. The maximum Gasteiger partial charge on any atom is 0.231 e. The lowest BCUT2D eigenvalue weighted by atomic mass is 10.0. The van der Waals surface area contributed by atoms with E-state index < -0.39 is 0 Å². The van der Waals surface area contributed by atoms with Crippen molar-refractivity contribution in [3.8, 4) is 11.5 Å². The number of hydrogen-bond acceptors (Lipinski definition) is 7. The van der Waals surface area contributed by atoms with Gasteiger partial charge in [-0.2, -0.15) is 4.98 Å². The van der Waals surface area contributed by atoms with Crippen molar-refractivity contribution in [3.05, 3.63) is 35.5 Å². The smallest absolute Gasteiger partial charge is 0.231 e. The number of nitrogens with two attached hydrogens (primary N) is 1. The van der Waals surface area contributed by atoms with E-state index in [4.69, 9.17) is 19.9 Å². The van der Waals surface area contributed by atoms with Gasteiger partial charge in [0.15, 0.2) is 11.5 Å². The number of nitrogens with one attached hydrogen (secondary N) is 1. The Morgan fingerprint density at radius 1 is 1.17 bits per heavy atom. The summed E-state index contributed by atoms with van der Waals surface area (Å²) in [6.07, 6.45) is 0.970. The molecule has 120 valence electrons. The van der Waals surface area contributed by atoms with Gasteiger partial charge in [-0.25, -0.2) is 4.98 Å². The van der Waals surface area contributed by atoms with E-state index in [1.165, 1.54) is 0 Å². The third kappa shape index (κ3) is 3.00. The summed E-state index contributed by atoms with van der Waals surface area (Å²) < 4.78 is 16.1. The molecule has 7 nitrogen and oxygen atoms in total. The zero-order valence-corrected chi connectivity index (χ0v) is 12.6. The highest BCUT2D eigenvalue weighted by atomic mass is 16.7. The summed E-state index contributed by atoms with van der Waals surface area (Å²) in [5.74, 6) is 2.85. The third-order valence-corrected chi connectivity index (χ3v) is 4.02. The Labute approximate surface area is 133 Å². The summed E-state index contributed by atoms with van der Waals surface area (Å²) in [6.45, 7) is 2.36. The number of rotatable bonds is 4. The molecule has 0 bridgehead atoms. The second-order valence-electron chi connectivity index (χ2n) is 5.64. The minimum atomic E-state index is 0.279. The zero-order valence-electron chi connectivity index (χ0n) is 12.6. The molecule has 1 atom stereocenters. The Balaban J connectivity index is 1.48. The Morgan fingerprint density at radius 2 is 2.09 bits per heavy atom. The zero-order chi connectivity index (χ0) is 15.6. The molecular weight excluding hydrogens is 296 g/mol. The average Bonchev–Trinajstić information content (AvgIpc) is 3.23. The molecule has 0 spiro atoms. The minimum Gasteiger partial charge on any atom is -0.454 e. The molecule has 2 aliphatic heterocycles. The van der Waals surface area contributed by atoms with Crippen LogP contribution < -0.4 is 20.5 Å². The number of ether oxygens (including phenoxy) is 3. The summed E-state index contributed by atoms with van der Waals surface area (Å²) in [4.78, 5) is 8.58. The first-order chi connectivity index (χ1) is 11.3. The average molecular weight is 314 g/mol. The SMILES string of the molecule is Nc1nc(NCc2ccc3c(c2)OCO3)cc([C@@H]2CCOC2)n1. The van der Waals surface area contributed by atoms with Crippen LogP contribution in [0.3, 0.4) is 0 Å². The van der Waals surface area contributed by atoms with E-state index in [1.807, 2.05) is 24.3 Å². The third-order valence-electron chi connectivity index (χ3n) is 4.02. The molecule has 23 heavy (non-hydrogen) atoms. The molecule has 0 unspecified atom stereocenters. The van der Waals surface area contributed by atoms with Gasteiger partial charge >= 0.3 is 0 Å². The van der Waals surface area contributed by atoms with E-state index in [9.17, 15) is 0 Å². The number of aromatic nitrogens is 2. The minimum absolute atomic E-state index is 0.279. The van der Waals surface area contributed by atoms with Crippen molar-refractivity contribution < 1.29 is 14.2 Å². The molecule has 2 aliphatic rings. The van der Waals surface area contributed by atoms with Crippen molar-refractivity contribution in [2.75, 3.05) is 31.1 Å². The van der Waals surface area contributed by atoms with Crippen LogP contribution in [0.1, 0.15) is 23.6 Å². The molecule has 1 aromatic carbocycles. The number of nitrogen functional groups attached to an aromatic ring is 1. The molecule has 0 saturated carbocycles. The van der Waals surface area contributed by atoms with Crippen LogP contribution in [-0.2, 0) is 11.3 Å². The maximum absolute atomic E-state index is 5.83. The summed E-state index contributed by atoms with van der Waals surface area (Å²) in [6, 6.07) is 7.82. The molecule has 3 heterocycles. The predicted octanol–water partition coefficient (Wildman–Crippen LogP) is 1.90. The fourth-order valence-corrected chi connectivity index (χ4v) is 2.80. The van der Waals surface area contributed by atoms with Crippen LogP contribution in [0.15, 0.2) is 24.3 Å². The van der Waals surface area contributed by atoms with Crippen LogP contribution in [0.4, 0.5) is 11.8 Å². The molecule has 1 aromatic heterocycles. The summed E-state index contributed by atoms with van der Waals surface area (Å²) >= 11 is 0. The first-order valence-corrected chi connectivity index (χ1v) is 7.62. The number of fused-ring (bicyclic) bond motifs is 1. The van der Waals surface area contributed by atoms with Crippen molar-refractivity contribution in [2.24, 2.45) is 0 Å². The van der Waals surface area contributed by atoms with Crippen molar-refractivity contribution in [1.82, 2.24) is 9.97 Å². The summed E-state index contributed by atoms with van der Waals surface area (Å²) in [7, 11) is 0. The van der Waals surface area contributed by atoms with Gasteiger partial charge in [-0.05, 0) is 24.1 Å². The lowest BCUT2D eigenvalue weighted by molar-refractivity contribution is 0.174. The van der Waals surface area contributed by atoms with Crippen LogP contribution in [0, 0.1) is 0 Å². The first kappa shape index (κ1) is 14.1. The van der Waals surface area contributed by atoms with Crippen LogP contribution in [0.2, 0.25) is 0 Å². The van der Waals surface area contributed by atoms with Gasteiger partial charge in [0.2, 0.25) is 12.7 Å². The Kier molecular flexibility index (Phi) is 3.63. The fraction of sp³-hybridized carbons (Fsp3) is 0.375. The highest BCUT2D eigenvalue weighted by molar-refractivity contribution is 5.47. The first-order valence-electron chi connectivity index (χ1n) is 7.62. The lowest BCUT2D eigenvalue weighted by Gasteiger charge is -2.11. The predicted molar refractivity (Wildman–Crippen MR) is 84.5 cm³/mol. The molecule has 0 aliphatic carbocycles. The van der Waals surface area contributed by atoms with Gasteiger partial charge in [0.1, 0.15) is 5.82 Å². The topological polar surface area (TPSA) is 91.5 Å². The Hall–Kier alpha value is -2.54. The van der Waals surface area contributed by atoms with Gasteiger partial charge in [0.05, 0.1) is 12.3 Å². The molecule has 1 fully saturated rings. The number of nitrogens with zero attached hydrogens (tertiary/aromatic N) is 2. The number of benzene rings is 1.